The molecule has 2 aliphatic heterocycles. The number of fused-ring (bicyclic) bond motifs is 9. The van der Waals surface area contributed by atoms with E-state index in [4.69, 9.17) is 14.2 Å². The van der Waals surface area contributed by atoms with Gasteiger partial charge in [0.1, 0.15) is 29.6 Å². The summed E-state index contributed by atoms with van der Waals surface area (Å²) in [7, 11) is 0. The Kier molecular flexibility index (Phi) is 11.7. The third-order valence-corrected chi connectivity index (χ3v) is 11.6. The average molecular weight is 804 g/mol. The van der Waals surface area contributed by atoms with Crippen molar-refractivity contribution in [1.82, 2.24) is 5.32 Å². The van der Waals surface area contributed by atoms with E-state index in [9.17, 15) is 19.8 Å². The molecule has 1 aliphatic carbocycles. The Hall–Kier alpha value is -4.98. The smallest absolute Gasteiger partial charge is 0.344 e. The highest BCUT2D eigenvalue weighted by Gasteiger charge is 2.29. The number of rotatable bonds is 0. The molecule has 3 aliphatic rings. The largest absolute Gasteiger partial charge is 0.507 e. The van der Waals surface area contributed by atoms with Gasteiger partial charge in [0.25, 0.3) is 5.91 Å². The number of ether oxygens (including phenoxy) is 3. The number of carbonyl (C=O) groups is 2. The first-order valence-corrected chi connectivity index (χ1v) is 21.0. The summed E-state index contributed by atoms with van der Waals surface area (Å²) in [4.78, 5) is 26.8. The van der Waals surface area contributed by atoms with Crippen LogP contribution in [0.2, 0.25) is 0 Å². The summed E-state index contributed by atoms with van der Waals surface area (Å²) < 4.78 is 18.8. The third kappa shape index (κ3) is 9.91. The summed E-state index contributed by atoms with van der Waals surface area (Å²) in [6, 6.07) is 16.4. The number of phenols is 2. The van der Waals surface area contributed by atoms with Gasteiger partial charge in [0, 0.05) is 25.7 Å². The average Bonchev–Trinajstić information content (AvgIpc) is 3.10. The van der Waals surface area contributed by atoms with Gasteiger partial charge in [0.2, 0.25) is 0 Å². The maximum atomic E-state index is 13.5. The molecule has 4 aromatic carbocycles. The van der Waals surface area contributed by atoms with Crippen LogP contribution in [-0.4, -0.2) is 48.0 Å². The molecule has 8 heteroatoms. The Labute approximate surface area is 351 Å². The maximum Gasteiger partial charge on any atom is 0.344 e. The molecular weight excluding hydrogens is 739 g/mol. The van der Waals surface area contributed by atoms with Gasteiger partial charge in [-0.05, 0) is 95.3 Å². The van der Waals surface area contributed by atoms with Crippen LogP contribution in [0.3, 0.4) is 0 Å². The van der Waals surface area contributed by atoms with Crippen LogP contribution < -0.4 is 14.8 Å². The standard InChI is InChI=1S/C51H65NO7/c1-29-26-57-43(54)28-59-47-36-16-32-20-38(48(2,3)4)18-30(44(32)55)14-34-22-40(50(8,9)10)23-35(46(34)58-27-42(53)52-29)15-31-19-39(49(5,6)7)21-33(45(31)56)17-37(47)25-41(24-36)51(11,12)13/h18-25,29,55-56H,14-17,26-28H2,1-13H3,(H,52,53)/t29-/m0/s1. The Balaban J connectivity index is 1.78. The molecule has 2 heterocycles. The monoisotopic (exact) mass is 803 g/mol. The number of hydrogen-bond donors (Lipinski definition) is 3. The molecule has 0 saturated carbocycles. The number of phenolic OH excluding ortho intramolecular Hbond substituents is 2. The summed E-state index contributed by atoms with van der Waals surface area (Å²) in [6.07, 6.45) is 1.28. The summed E-state index contributed by atoms with van der Waals surface area (Å²) in [5, 5.41) is 27.7. The second-order valence-electron chi connectivity index (χ2n) is 21.0. The highest BCUT2D eigenvalue weighted by Crippen LogP contribution is 2.43. The minimum absolute atomic E-state index is 0.0437. The van der Waals surface area contributed by atoms with Crippen LogP contribution in [0, 0.1) is 0 Å². The zero-order valence-corrected chi connectivity index (χ0v) is 37.6. The first kappa shape index (κ1) is 43.6. The van der Waals surface area contributed by atoms with Gasteiger partial charge in [-0.2, -0.15) is 0 Å². The van der Waals surface area contributed by atoms with E-state index in [1.54, 1.807) is 6.92 Å². The van der Waals surface area contributed by atoms with Crippen LogP contribution >= 0.6 is 0 Å². The fourth-order valence-electron chi connectivity index (χ4n) is 7.90. The van der Waals surface area contributed by atoms with Crippen LogP contribution in [0.1, 0.15) is 157 Å². The van der Waals surface area contributed by atoms with Crippen molar-refractivity contribution in [3.05, 3.63) is 115 Å². The summed E-state index contributed by atoms with van der Waals surface area (Å²) >= 11 is 0. The van der Waals surface area contributed by atoms with E-state index >= 15 is 0 Å². The number of esters is 1. The quantitative estimate of drug-likeness (QED) is 0.106. The topological polar surface area (TPSA) is 114 Å². The maximum absolute atomic E-state index is 13.5. The number of amides is 1. The van der Waals surface area contributed by atoms with Gasteiger partial charge >= 0.3 is 5.97 Å². The Morgan fingerprint density at radius 2 is 0.763 bits per heavy atom. The second-order valence-corrected chi connectivity index (χ2v) is 21.0. The van der Waals surface area contributed by atoms with Gasteiger partial charge < -0.3 is 29.7 Å². The normalized spacial score (nSPS) is 17.0. The summed E-state index contributed by atoms with van der Waals surface area (Å²) in [5.74, 6) is 0.453. The fraction of sp³-hybridized carbons (Fsp3) is 0.490. The number of nitrogens with one attached hydrogen (secondary N) is 1. The second kappa shape index (κ2) is 15.9. The highest BCUT2D eigenvalue weighted by molar-refractivity contribution is 5.78. The molecule has 4 aromatic rings. The number of carbonyl (C=O) groups excluding carboxylic acids is 2. The van der Waals surface area contributed by atoms with E-state index in [1.807, 2.05) is 0 Å². The SMILES string of the molecule is C[C@H]1COC(=O)COc2c3cc(C(C)(C)C)cc2Cc2cc(C(C)(C)C)cc(c2O)Cc2cc(C(C)(C)C)cc(c2OCC(=O)N1)Cc1cc(C(C)(C)C)cc(c1O)C3. The van der Waals surface area contributed by atoms with E-state index in [0.717, 1.165) is 66.8 Å². The van der Waals surface area contributed by atoms with Crippen molar-refractivity contribution in [2.75, 3.05) is 19.8 Å². The Morgan fingerprint density at radius 1 is 0.475 bits per heavy atom. The predicted molar refractivity (Wildman–Crippen MR) is 235 cm³/mol. The van der Waals surface area contributed by atoms with Crippen LogP contribution in [0.5, 0.6) is 23.0 Å². The van der Waals surface area contributed by atoms with Crippen molar-refractivity contribution >= 4 is 11.9 Å². The predicted octanol–water partition coefficient (Wildman–Crippen LogP) is 9.78. The lowest BCUT2D eigenvalue weighted by molar-refractivity contribution is -0.147. The number of benzene rings is 4. The molecular formula is C51H65NO7. The zero-order chi connectivity index (χ0) is 43.4. The fourth-order valence-corrected chi connectivity index (χ4v) is 7.90. The van der Waals surface area contributed by atoms with E-state index in [0.29, 0.717) is 37.2 Å². The van der Waals surface area contributed by atoms with Gasteiger partial charge in [-0.25, -0.2) is 4.79 Å². The van der Waals surface area contributed by atoms with E-state index in [-0.39, 0.29) is 58.9 Å². The minimum atomic E-state index is -0.581. The third-order valence-electron chi connectivity index (χ3n) is 11.6. The Morgan fingerprint density at radius 3 is 1.07 bits per heavy atom. The van der Waals surface area contributed by atoms with Crippen molar-refractivity contribution in [1.29, 1.82) is 0 Å². The molecule has 3 N–H and O–H groups in total. The molecule has 316 valence electrons. The minimum Gasteiger partial charge on any atom is -0.507 e. The first-order valence-electron chi connectivity index (χ1n) is 21.0. The highest BCUT2D eigenvalue weighted by atomic mass is 16.6. The summed E-state index contributed by atoms with van der Waals surface area (Å²) in [6.45, 7) is 27.1. The molecule has 0 aromatic heterocycles. The molecule has 7 rings (SSSR count). The van der Waals surface area contributed by atoms with Gasteiger partial charge in [0.15, 0.2) is 13.2 Å². The lowest BCUT2D eigenvalue weighted by Gasteiger charge is -2.28. The molecule has 0 radical (unpaired) electrons. The van der Waals surface area contributed by atoms with Crippen molar-refractivity contribution in [3.63, 3.8) is 0 Å². The number of hydrogen-bond acceptors (Lipinski definition) is 7. The van der Waals surface area contributed by atoms with Crippen molar-refractivity contribution < 1.29 is 34.0 Å². The molecule has 0 saturated heterocycles. The van der Waals surface area contributed by atoms with E-state index in [2.05, 4.69) is 137 Å². The van der Waals surface area contributed by atoms with Crippen LogP contribution in [-0.2, 0) is 61.7 Å². The molecule has 8 nitrogen and oxygen atoms in total. The molecule has 59 heavy (non-hydrogen) atoms. The first-order chi connectivity index (χ1) is 27.3. The van der Waals surface area contributed by atoms with Crippen molar-refractivity contribution in [2.45, 2.75) is 143 Å². The molecule has 1 amide bonds. The molecule has 0 unspecified atom stereocenters. The Bertz CT molecular complexity index is 2160. The number of aromatic hydroxyl groups is 2. The lowest BCUT2D eigenvalue weighted by Crippen LogP contribution is -2.39. The molecule has 0 spiro atoms. The van der Waals surface area contributed by atoms with Gasteiger partial charge in [0.05, 0.1) is 6.04 Å². The van der Waals surface area contributed by atoms with E-state index < -0.39 is 12.0 Å². The van der Waals surface area contributed by atoms with E-state index in [1.165, 1.54) is 0 Å². The van der Waals surface area contributed by atoms with Gasteiger partial charge in [-0.15, -0.1) is 0 Å². The van der Waals surface area contributed by atoms with Crippen LogP contribution in [0.25, 0.3) is 0 Å². The summed E-state index contributed by atoms with van der Waals surface area (Å²) in [5.41, 5.74) is 9.40. The van der Waals surface area contributed by atoms with Crippen molar-refractivity contribution in [2.24, 2.45) is 0 Å². The molecule has 0 fully saturated rings. The van der Waals surface area contributed by atoms with Gasteiger partial charge in [-0.3, -0.25) is 4.79 Å². The van der Waals surface area contributed by atoms with Crippen molar-refractivity contribution in [3.8, 4) is 23.0 Å². The molecule has 10 bridgehead atoms. The van der Waals surface area contributed by atoms with Gasteiger partial charge in [-0.1, -0.05) is 132 Å². The van der Waals surface area contributed by atoms with Crippen LogP contribution in [0.4, 0.5) is 0 Å². The van der Waals surface area contributed by atoms with Crippen LogP contribution in [0.15, 0.2) is 48.5 Å². The lowest BCUT2D eigenvalue weighted by atomic mass is 9.79. The zero-order valence-electron chi connectivity index (χ0n) is 37.6. The molecule has 1 atom stereocenters.